The van der Waals surface area contributed by atoms with E-state index in [-0.39, 0.29) is 5.69 Å². The molecule has 1 N–H and O–H groups in total. The highest BCUT2D eigenvalue weighted by Gasteiger charge is 2.12. The molecule has 0 fully saturated rings. The average Bonchev–Trinajstić information content (AvgIpc) is 2.98. The fourth-order valence-electron chi connectivity index (χ4n) is 1.98. The highest BCUT2D eigenvalue weighted by atomic mass is 79.9. The molecule has 96 valence electrons. The van der Waals surface area contributed by atoms with Crippen LogP contribution in [0.5, 0.6) is 0 Å². The van der Waals surface area contributed by atoms with Crippen LogP contribution in [0.2, 0.25) is 0 Å². The van der Waals surface area contributed by atoms with Gasteiger partial charge in [0.2, 0.25) is 0 Å². The lowest BCUT2D eigenvalue weighted by atomic mass is 10.2. The molecular formula is C13H9BrN2O3. The second kappa shape index (κ2) is 4.55. The molecule has 1 aromatic carbocycles. The van der Waals surface area contributed by atoms with Gasteiger partial charge in [-0.3, -0.25) is 0 Å². The van der Waals surface area contributed by atoms with Gasteiger partial charge in [0.15, 0.2) is 11.5 Å². The van der Waals surface area contributed by atoms with Gasteiger partial charge in [-0.2, -0.15) is 0 Å². The largest absolute Gasteiger partial charge is 0.476 e. The highest BCUT2D eigenvalue weighted by molar-refractivity contribution is 9.10. The maximum absolute atomic E-state index is 10.7. The summed E-state index contributed by atoms with van der Waals surface area (Å²) in [4.78, 5) is 10.7. The summed E-state index contributed by atoms with van der Waals surface area (Å²) in [5, 5.41) is 13.4. The van der Waals surface area contributed by atoms with Crippen molar-refractivity contribution in [2.75, 3.05) is 0 Å². The predicted molar refractivity (Wildman–Crippen MR) is 72.2 cm³/mol. The smallest absolute Gasteiger partial charge is 0.358 e. The fourth-order valence-corrected chi connectivity index (χ4v) is 2.47. The quantitative estimate of drug-likeness (QED) is 0.805. The van der Waals surface area contributed by atoms with E-state index in [2.05, 4.69) is 21.1 Å². The van der Waals surface area contributed by atoms with Gasteiger partial charge in [-0.25, -0.2) is 4.79 Å². The molecule has 0 aliphatic heterocycles. The number of fused-ring (bicyclic) bond motifs is 1. The van der Waals surface area contributed by atoms with Crippen LogP contribution in [-0.2, 0) is 6.54 Å². The Morgan fingerprint density at radius 2 is 2.26 bits per heavy atom. The first-order chi connectivity index (χ1) is 9.15. The number of carboxylic acids is 1. The summed E-state index contributed by atoms with van der Waals surface area (Å²) >= 11 is 3.49. The lowest BCUT2D eigenvalue weighted by Gasteiger charge is -2.02. The van der Waals surface area contributed by atoms with Crippen LogP contribution in [0.4, 0.5) is 0 Å². The molecular weight excluding hydrogens is 312 g/mol. The number of carbonyl (C=O) groups is 1. The van der Waals surface area contributed by atoms with Crippen molar-refractivity contribution in [2.24, 2.45) is 0 Å². The van der Waals surface area contributed by atoms with Crippen molar-refractivity contribution in [2.45, 2.75) is 6.54 Å². The summed E-state index contributed by atoms with van der Waals surface area (Å²) in [5.74, 6) is -0.579. The maximum atomic E-state index is 10.7. The molecule has 2 aromatic heterocycles. The molecule has 0 atom stereocenters. The normalized spacial score (nSPS) is 11.0. The van der Waals surface area contributed by atoms with Gasteiger partial charge in [-0.05, 0) is 18.2 Å². The van der Waals surface area contributed by atoms with E-state index in [1.54, 1.807) is 0 Å². The van der Waals surface area contributed by atoms with E-state index in [4.69, 9.17) is 9.63 Å². The topological polar surface area (TPSA) is 68.3 Å². The summed E-state index contributed by atoms with van der Waals surface area (Å²) < 4.78 is 8.01. The van der Waals surface area contributed by atoms with Crippen molar-refractivity contribution < 1.29 is 14.4 Å². The fraction of sp³-hybridized carbons (Fsp3) is 0.0769. The SMILES string of the molecule is O=C(O)c1cc(Cn2ccc3c(Br)cccc32)on1. The van der Waals surface area contributed by atoms with Gasteiger partial charge in [0.05, 0.1) is 6.54 Å². The average molecular weight is 321 g/mol. The van der Waals surface area contributed by atoms with Crippen LogP contribution in [0.3, 0.4) is 0 Å². The lowest BCUT2D eigenvalue weighted by Crippen LogP contribution is -1.97. The molecule has 0 amide bonds. The van der Waals surface area contributed by atoms with Crippen LogP contribution in [0.1, 0.15) is 16.2 Å². The Hall–Kier alpha value is -2.08. The molecule has 0 saturated heterocycles. The van der Waals surface area contributed by atoms with Crippen molar-refractivity contribution in [1.82, 2.24) is 9.72 Å². The van der Waals surface area contributed by atoms with Crippen LogP contribution >= 0.6 is 15.9 Å². The molecule has 6 heteroatoms. The van der Waals surface area contributed by atoms with E-state index in [0.717, 1.165) is 15.4 Å². The third kappa shape index (κ3) is 2.15. The van der Waals surface area contributed by atoms with Gasteiger partial charge < -0.3 is 14.2 Å². The minimum atomic E-state index is -1.09. The highest BCUT2D eigenvalue weighted by Crippen LogP contribution is 2.25. The second-order valence-corrected chi connectivity index (χ2v) is 4.95. The van der Waals surface area contributed by atoms with Crippen molar-refractivity contribution in [1.29, 1.82) is 0 Å². The number of nitrogens with zero attached hydrogens (tertiary/aromatic N) is 2. The van der Waals surface area contributed by atoms with Gasteiger partial charge in [0.25, 0.3) is 0 Å². The third-order valence-electron chi connectivity index (χ3n) is 2.86. The summed E-state index contributed by atoms with van der Waals surface area (Å²) in [6.07, 6.45) is 1.93. The molecule has 3 rings (SSSR count). The monoisotopic (exact) mass is 320 g/mol. The summed E-state index contributed by atoms with van der Waals surface area (Å²) in [7, 11) is 0. The van der Waals surface area contributed by atoms with E-state index in [0.29, 0.717) is 12.3 Å². The summed E-state index contributed by atoms with van der Waals surface area (Å²) in [5.41, 5.74) is 0.968. The van der Waals surface area contributed by atoms with E-state index in [9.17, 15) is 4.79 Å². The molecule has 0 aliphatic rings. The van der Waals surface area contributed by atoms with Gasteiger partial charge >= 0.3 is 5.97 Å². The van der Waals surface area contributed by atoms with Crippen LogP contribution in [0, 0.1) is 0 Å². The number of halogens is 1. The van der Waals surface area contributed by atoms with E-state index in [1.807, 2.05) is 35.0 Å². The van der Waals surface area contributed by atoms with Crippen LogP contribution in [-0.4, -0.2) is 20.8 Å². The number of aromatic carboxylic acids is 1. The lowest BCUT2D eigenvalue weighted by molar-refractivity contribution is 0.0685. The molecule has 0 unspecified atom stereocenters. The molecule has 0 saturated carbocycles. The van der Waals surface area contributed by atoms with Crippen molar-refractivity contribution in [3.8, 4) is 0 Å². The minimum absolute atomic E-state index is 0.0763. The molecule has 0 radical (unpaired) electrons. The first kappa shape index (κ1) is 12.0. The molecule has 2 heterocycles. The number of hydrogen-bond donors (Lipinski definition) is 1. The molecule has 0 spiro atoms. The molecule has 0 aliphatic carbocycles. The van der Waals surface area contributed by atoms with Crippen molar-refractivity contribution in [3.05, 3.63) is 52.5 Å². The Balaban J connectivity index is 1.96. The van der Waals surface area contributed by atoms with E-state index in [1.165, 1.54) is 6.07 Å². The number of aromatic nitrogens is 2. The standard InChI is InChI=1S/C13H9BrN2O3/c14-10-2-1-3-12-9(10)4-5-16(12)7-8-6-11(13(17)18)15-19-8/h1-6H,7H2,(H,17,18). The van der Waals surface area contributed by atoms with Crippen LogP contribution in [0.15, 0.2) is 45.5 Å². The van der Waals surface area contributed by atoms with Gasteiger partial charge in [0.1, 0.15) is 0 Å². The van der Waals surface area contributed by atoms with Crippen LogP contribution < -0.4 is 0 Å². The predicted octanol–water partition coefficient (Wildman–Crippen LogP) is 3.14. The first-order valence-corrected chi connectivity index (χ1v) is 6.36. The number of hydrogen-bond acceptors (Lipinski definition) is 3. The zero-order valence-electron chi connectivity index (χ0n) is 9.71. The Kier molecular flexibility index (Phi) is 2.87. The van der Waals surface area contributed by atoms with Crippen LogP contribution in [0.25, 0.3) is 10.9 Å². The molecule has 3 aromatic rings. The van der Waals surface area contributed by atoms with Gasteiger partial charge in [-0.1, -0.05) is 27.2 Å². The second-order valence-electron chi connectivity index (χ2n) is 4.10. The van der Waals surface area contributed by atoms with Gasteiger partial charge in [0, 0.05) is 27.6 Å². The Bertz CT molecular complexity index is 760. The Labute approximate surface area is 116 Å². The molecule has 19 heavy (non-hydrogen) atoms. The van der Waals surface area contributed by atoms with E-state index < -0.39 is 5.97 Å². The summed E-state index contributed by atoms with van der Waals surface area (Å²) in [6.45, 7) is 0.445. The number of rotatable bonds is 3. The van der Waals surface area contributed by atoms with E-state index >= 15 is 0 Å². The Morgan fingerprint density at radius 1 is 1.42 bits per heavy atom. The zero-order valence-corrected chi connectivity index (χ0v) is 11.3. The maximum Gasteiger partial charge on any atom is 0.358 e. The zero-order chi connectivity index (χ0) is 13.4. The minimum Gasteiger partial charge on any atom is -0.476 e. The molecule has 0 bridgehead atoms. The first-order valence-electron chi connectivity index (χ1n) is 5.57. The van der Waals surface area contributed by atoms with Gasteiger partial charge in [-0.15, -0.1) is 0 Å². The Morgan fingerprint density at radius 3 is 3.00 bits per heavy atom. The summed E-state index contributed by atoms with van der Waals surface area (Å²) in [6, 6.07) is 9.35. The number of carboxylic acid groups (broad SMARTS) is 1. The molecule has 5 nitrogen and oxygen atoms in total. The van der Waals surface area contributed by atoms with Crippen molar-refractivity contribution in [3.63, 3.8) is 0 Å². The number of benzene rings is 1. The van der Waals surface area contributed by atoms with Crippen molar-refractivity contribution >= 4 is 32.8 Å². The third-order valence-corrected chi connectivity index (χ3v) is 3.56.